The Morgan fingerprint density at radius 2 is 2.13 bits per heavy atom. The summed E-state index contributed by atoms with van der Waals surface area (Å²) < 4.78 is 21.3. The predicted molar refractivity (Wildman–Crippen MR) is 84.8 cm³/mol. The second-order valence-electron chi connectivity index (χ2n) is 5.52. The van der Waals surface area contributed by atoms with Crippen LogP contribution in [0.5, 0.6) is 0 Å². The van der Waals surface area contributed by atoms with Crippen molar-refractivity contribution in [3.63, 3.8) is 0 Å². The minimum atomic E-state index is -0.824. The molecule has 7 heteroatoms. The van der Waals surface area contributed by atoms with Gasteiger partial charge in [-0.2, -0.15) is 14.6 Å². The SMILES string of the molecule is COC(C)(CNc1cc(C)nc2ncnn12)c1ccccc1F. The topological polar surface area (TPSA) is 64.3 Å². The number of aromatic nitrogens is 4. The summed E-state index contributed by atoms with van der Waals surface area (Å²) in [6, 6.07) is 8.47. The lowest BCUT2D eigenvalue weighted by molar-refractivity contribution is 0.0108. The van der Waals surface area contributed by atoms with E-state index in [-0.39, 0.29) is 5.82 Å². The van der Waals surface area contributed by atoms with Crippen LogP contribution in [0.25, 0.3) is 5.78 Å². The molecular formula is C16H18FN5O. The number of hydrogen-bond acceptors (Lipinski definition) is 5. The molecule has 0 amide bonds. The second kappa shape index (κ2) is 5.92. The lowest BCUT2D eigenvalue weighted by atomic mass is 9.95. The van der Waals surface area contributed by atoms with Gasteiger partial charge in [0.05, 0.1) is 0 Å². The molecule has 1 N–H and O–H groups in total. The summed E-state index contributed by atoms with van der Waals surface area (Å²) in [5.41, 5.74) is 0.490. The number of hydrogen-bond donors (Lipinski definition) is 1. The third-order valence-corrected chi connectivity index (χ3v) is 3.88. The van der Waals surface area contributed by atoms with Crippen LogP contribution in [0.2, 0.25) is 0 Å². The van der Waals surface area contributed by atoms with Crippen molar-refractivity contribution >= 4 is 11.6 Å². The van der Waals surface area contributed by atoms with Crippen LogP contribution in [0, 0.1) is 12.7 Å². The fourth-order valence-corrected chi connectivity index (χ4v) is 2.48. The third kappa shape index (κ3) is 2.87. The van der Waals surface area contributed by atoms with Gasteiger partial charge in [0.1, 0.15) is 23.6 Å². The number of rotatable bonds is 5. The van der Waals surface area contributed by atoms with Crippen molar-refractivity contribution in [3.05, 3.63) is 53.7 Å². The van der Waals surface area contributed by atoms with Gasteiger partial charge in [-0.25, -0.2) is 9.37 Å². The number of nitrogens with one attached hydrogen (secondary N) is 1. The molecule has 6 nitrogen and oxygen atoms in total. The standard InChI is InChI=1S/C16H18FN5O/c1-11-8-14(22-15(21-11)19-10-20-22)18-9-16(2,23-3)12-6-4-5-7-13(12)17/h4-8,10,18H,9H2,1-3H3. The van der Waals surface area contributed by atoms with E-state index in [1.807, 2.05) is 19.9 Å². The maximum absolute atomic E-state index is 14.1. The number of methoxy groups -OCH3 is 1. The molecule has 0 saturated carbocycles. The van der Waals surface area contributed by atoms with Crippen LogP contribution in [-0.4, -0.2) is 33.2 Å². The van der Waals surface area contributed by atoms with Gasteiger partial charge in [-0.15, -0.1) is 0 Å². The molecular weight excluding hydrogens is 297 g/mol. The molecule has 0 aliphatic heterocycles. The van der Waals surface area contributed by atoms with Gasteiger partial charge < -0.3 is 10.1 Å². The summed E-state index contributed by atoms with van der Waals surface area (Å²) in [6.45, 7) is 4.08. The van der Waals surface area contributed by atoms with Gasteiger partial charge in [0, 0.05) is 31.0 Å². The first-order valence-electron chi connectivity index (χ1n) is 7.25. The number of ether oxygens (including phenoxy) is 1. The van der Waals surface area contributed by atoms with Crippen molar-refractivity contribution in [1.29, 1.82) is 0 Å². The molecule has 0 aliphatic carbocycles. The normalized spacial score (nSPS) is 13.9. The lowest BCUT2D eigenvalue weighted by Gasteiger charge is -2.29. The highest BCUT2D eigenvalue weighted by Crippen LogP contribution is 2.27. The number of anilines is 1. The summed E-state index contributed by atoms with van der Waals surface area (Å²) in [7, 11) is 1.57. The number of benzene rings is 1. The molecule has 2 aromatic heterocycles. The van der Waals surface area contributed by atoms with Gasteiger partial charge in [-0.1, -0.05) is 18.2 Å². The van der Waals surface area contributed by atoms with Crippen molar-refractivity contribution in [2.75, 3.05) is 19.0 Å². The lowest BCUT2D eigenvalue weighted by Crippen LogP contribution is -2.34. The fraction of sp³-hybridized carbons (Fsp3) is 0.312. The van der Waals surface area contributed by atoms with E-state index in [2.05, 4.69) is 20.4 Å². The molecule has 1 aromatic carbocycles. The molecule has 0 saturated heterocycles. The van der Waals surface area contributed by atoms with E-state index in [9.17, 15) is 4.39 Å². The highest BCUT2D eigenvalue weighted by molar-refractivity contribution is 5.45. The van der Waals surface area contributed by atoms with Crippen LogP contribution in [0.1, 0.15) is 18.2 Å². The molecule has 3 rings (SSSR count). The molecule has 1 unspecified atom stereocenters. The molecule has 0 fully saturated rings. The van der Waals surface area contributed by atoms with Gasteiger partial charge in [0.15, 0.2) is 0 Å². The average molecular weight is 315 g/mol. The number of halogens is 1. The summed E-state index contributed by atoms with van der Waals surface area (Å²) in [6.07, 6.45) is 1.44. The third-order valence-electron chi connectivity index (χ3n) is 3.88. The van der Waals surface area contributed by atoms with Gasteiger partial charge in [-0.05, 0) is 19.9 Å². The first kappa shape index (κ1) is 15.4. The molecule has 0 bridgehead atoms. The van der Waals surface area contributed by atoms with Crippen molar-refractivity contribution in [2.24, 2.45) is 0 Å². The zero-order chi connectivity index (χ0) is 16.4. The van der Waals surface area contributed by atoms with Crippen LogP contribution in [-0.2, 0) is 10.3 Å². The monoisotopic (exact) mass is 315 g/mol. The van der Waals surface area contributed by atoms with E-state index < -0.39 is 5.60 Å². The molecule has 0 radical (unpaired) electrons. The number of aryl methyl sites for hydroxylation is 1. The Labute approximate surface area is 133 Å². The minimum absolute atomic E-state index is 0.296. The first-order chi connectivity index (χ1) is 11.0. The van der Waals surface area contributed by atoms with E-state index in [1.54, 1.807) is 29.8 Å². The van der Waals surface area contributed by atoms with E-state index >= 15 is 0 Å². The maximum atomic E-state index is 14.1. The summed E-state index contributed by atoms with van der Waals surface area (Å²) in [4.78, 5) is 8.38. The minimum Gasteiger partial charge on any atom is -0.372 e. The molecule has 23 heavy (non-hydrogen) atoms. The Morgan fingerprint density at radius 3 is 2.87 bits per heavy atom. The predicted octanol–water partition coefficient (Wildman–Crippen LogP) is 2.55. The van der Waals surface area contributed by atoms with Crippen LogP contribution in [0.15, 0.2) is 36.7 Å². The summed E-state index contributed by atoms with van der Waals surface area (Å²) in [5, 5.41) is 7.40. The number of nitrogens with zero attached hydrogens (tertiary/aromatic N) is 4. The largest absolute Gasteiger partial charge is 0.372 e. The Kier molecular flexibility index (Phi) is 3.96. The quantitative estimate of drug-likeness (QED) is 0.784. The summed E-state index contributed by atoms with van der Waals surface area (Å²) >= 11 is 0. The second-order valence-corrected chi connectivity index (χ2v) is 5.52. The van der Waals surface area contributed by atoms with Crippen molar-refractivity contribution < 1.29 is 9.13 Å². The van der Waals surface area contributed by atoms with Crippen LogP contribution < -0.4 is 5.32 Å². The molecule has 120 valence electrons. The molecule has 0 aliphatic rings. The van der Waals surface area contributed by atoms with Crippen molar-refractivity contribution in [3.8, 4) is 0 Å². The van der Waals surface area contributed by atoms with Crippen LogP contribution >= 0.6 is 0 Å². The van der Waals surface area contributed by atoms with Crippen molar-refractivity contribution in [1.82, 2.24) is 19.6 Å². The highest BCUT2D eigenvalue weighted by atomic mass is 19.1. The Hall–Kier alpha value is -2.54. The first-order valence-corrected chi connectivity index (χ1v) is 7.25. The van der Waals surface area contributed by atoms with Gasteiger partial charge in [-0.3, -0.25) is 0 Å². The average Bonchev–Trinajstić information content (AvgIpc) is 3.01. The maximum Gasteiger partial charge on any atom is 0.254 e. The van der Waals surface area contributed by atoms with Gasteiger partial charge in [0.25, 0.3) is 5.78 Å². The summed E-state index contributed by atoms with van der Waals surface area (Å²) in [5.74, 6) is 0.942. The fourth-order valence-electron chi connectivity index (χ4n) is 2.48. The Morgan fingerprint density at radius 1 is 1.35 bits per heavy atom. The highest BCUT2D eigenvalue weighted by Gasteiger charge is 2.29. The Balaban J connectivity index is 1.91. The Bertz CT molecular complexity index is 834. The van der Waals surface area contributed by atoms with Crippen LogP contribution in [0.4, 0.5) is 10.2 Å². The van der Waals surface area contributed by atoms with Crippen LogP contribution in [0.3, 0.4) is 0 Å². The smallest absolute Gasteiger partial charge is 0.254 e. The molecule has 3 aromatic rings. The van der Waals surface area contributed by atoms with Crippen molar-refractivity contribution in [2.45, 2.75) is 19.4 Å². The van der Waals surface area contributed by atoms with E-state index in [0.29, 0.717) is 17.9 Å². The van der Waals surface area contributed by atoms with Gasteiger partial charge in [0.2, 0.25) is 0 Å². The zero-order valence-corrected chi connectivity index (χ0v) is 13.2. The number of fused-ring (bicyclic) bond motifs is 1. The van der Waals surface area contributed by atoms with Gasteiger partial charge >= 0.3 is 0 Å². The van der Waals surface area contributed by atoms with E-state index in [1.165, 1.54) is 12.4 Å². The molecule has 2 heterocycles. The van der Waals surface area contributed by atoms with E-state index in [0.717, 1.165) is 11.5 Å². The van der Waals surface area contributed by atoms with E-state index in [4.69, 9.17) is 4.74 Å². The zero-order valence-electron chi connectivity index (χ0n) is 13.2. The molecule has 0 spiro atoms. The molecule has 1 atom stereocenters.